The summed E-state index contributed by atoms with van der Waals surface area (Å²) in [6.45, 7) is 2.73. The maximum atomic E-state index is 12.4. The van der Waals surface area contributed by atoms with Crippen LogP contribution in [0.15, 0.2) is 64.6 Å². The molecule has 0 bridgehead atoms. The summed E-state index contributed by atoms with van der Waals surface area (Å²) in [7, 11) is 0. The van der Waals surface area contributed by atoms with Gasteiger partial charge >= 0.3 is 0 Å². The highest BCUT2D eigenvalue weighted by atomic mass is 32.2. The molecule has 10 nitrogen and oxygen atoms in total. The molecule has 0 unspecified atom stereocenters. The maximum absolute atomic E-state index is 12.4. The molecule has 2 rings (SSSR count). The number of amides is 3. The summed E-state index contributed by atoms with van der Waals surface area (Å²) in [5, 5.41) is 19.5. The van der Waals surface area contributed by atoms with E-state index in [2.05, 4.69) is 22.2 Å². The minimum absolute atomic E-state index is 0.0409. The largest absolute Gasteiger partial charge is 0.387 e. The Morgan fingerprint density at radius 1 is 0.767 bits per heavy atom. The van der Waals surface area contributed by atoms with Crippen molar-refractivity contribution in [3.63, 3.8) is 0 Å². The lowest BCUT2D eigenvalue weighted by atomic mass is 10.1. The topological polar surface area (TPSA) is 188 Å². The third-order valence-corrected chi connectivity index (χ3v) is 7.06. The summed E-state index contributed by atoms with van der Waals surface area (Å²) in [4.78, 5) is 44.4. The zero-order valence-electron chi connectivity index (χ0n) is 24.9. The van der Waals surface area contributed by atoms with E-state index in [1.165, 1.54) is 0 Å². The minimum Gasteiger partial charge on any atom is -0.387 e. The first-order chi connectivity index (χ1) is 20.6. The second kappa shape index (κ2) is 19.9. The van der Waals surface area contributed by atoms with Crippen LogP contribution in [-0.2, 0) is 33.6 Å². The highest BCUT2D eigenvalue weighted by Crippen LogP contribution is 2.13. The van der Waals surface area contributed by atoms with Crippen molar-refractivity contribution in [2.24, 2.45) is 21.5 Å². The van der Waals surface area contributed by atoms with Crippen LogP contribution in [-0.4, -0.2) is 46.0 Å². The summed E-state index contributed by atoms with van der Waals surface area (Å²) in [6.07, 6.45) is 5.63. The average molecular weight is 606 g/mol. The van der Waals surface area contributed by atoms with Gasteiger partial charge in [0.15, 0.2) is 5.17 Å². The smallest absolute Gasteiger partial charge is 0.252 e. The van der Waals surface area contributed by atoms with Gasteiger partial charge in [-0.2, -0.15) is 4.99 Å². The summed E-state index contributed by atoms with van der Waals surface area (Å²) >= 11 is 0.979. The lowest BCUT2D eigenvalue weighted by Gasteiger charge is -2.07. The van der Waals surface area contributed by atoms with Crippen LogP contribution in [0.1, 0.15) is 75.0 Å². The van der Waals surface area contributed by atoms with E-state index < -0.39 is 0 Å². The fourth-order valence-corrected chi connectivity index (χ4v) is 4.74. The number of thioether (sulfide) groups is 1. The molecule has 0 fully saturated rings. The first-order valence-electron chi connectivity index (χ1n) is 14.6. The molecule has 0 aliphatic heterocycles. The predicted molar refractivity (Wildman–Crippen MR) is 176 cm³/mol. The van der Waals surface area contributed by atoms with Crippen molar-refractivity contribution >= 4 is 51.2 Å². The molecule has 7 N–H and O–H groups in total. The van der Waals surface area contributed by atoms with Crippen LogP contribution < -0.4 is 16.8 Å². The number of unbranched alkanes of at least 4 members (excludes halogenated alkanes) is 2. The Morgan fingerprint density at radius 2 is 1.40 bits per heavy atom. The summed E-state index contributed by atoms with van der Waals surface area (Å²) in [6, 6.07) is 16.6. The zero-order chi connectivity index (χ0) is 31.5. The Kier molecular flexibility index (Phi) is 16.2. The van der Waals surface area contributed by atoms with E-state index >= 15 is 0 Å². The van der Waals surface area contributed by atoms with Crippen molar-refractivity contribution in [1.29, 1.82) is 10.8 Å². The molecular weight excluding hydrogens is 562 g/mol. The van der Waals surface area contributed by atoms with Crippen LogP contribution in [0, 0.1) is 10.8 Å². The number of nitrogens with zero attached hydrogens (tertiary/aromatic N) is 2. The molecule has 0 atom stereocenters. The number of rotatable bonds is 17. The Morgan fingerprint density at radius 3 is 2.12 bits per heavy atom. The van der Waals surface area contributed by atoms with Gasteiger partial charge in [0.25, 0.3) is 11.8 Å². The number of aliphatic imine (C=N–C) groups is 2. The molecule has 0 heterocycles. The summed E-state index contributed by atoms with van der Waals surface area (Å²) < 4.78 is 0. The monoisotopic (exact) mass is 605 g/mol. The van der Waals surface area contributed by atoms with Crippen LogP contribution in [0.5, 0.6) is 0 Å². The number of nitrogens with one attached hydrogen (secondary N) is 3. The standard InChI is InChI=1S/C32H43N7O3S/c1-2-3-18-37-29(40)21-24-12-9-13-25(19-24)22-30(41)38-27(34)17-16-26(33)14-7-8-15-28(35)43-32(36)39-31(42)20-23-10-5-4-6-11-23/h4-6,9-13,19,33,35H,2-3,7-8,14-18,20-22H2,1H3,(H,37,40)(H2,34,38,41)(H2,36,39,42). The number of carbonyl (C=O) groups is 3. The Bertz CT molecular complexity index is 1310. The molecule has 0 saturated heterocycles. The van der Waals surface area contributed by atoms with Crippen molar-refractivity contribution in [3.8, 4) is 0 Å². The Labute approximate surface area is 258 Å². The van der Waals surface area contributed by atoms with Crippen molar-refractivity contribution in [2.45, 2.75) is 77.6 Å². The van der Waals surface area contributed by atoms with Gasteiger partial charge in [0, 0.05) is 18.7 Å². The highest BCUT2D eigenvalue weighted by molar-refractivity contribution is 8.26. The van der Waals surface area contributed by atoms with Gasteiger partial charge in [0.2, 0.25) is 5.91 Å². The van der Waals surface area contributed by atoms with Crippen molar-refractivity contribution < 1.29 is 14.4 Å². The minimum atomic E-state index is -0.367. The van der Waals surface area contributed by atoms with Gasteiger partial charge in [-0.15, -0.1) is 0 Å². The number of nitrogens with two attached hydrogens (primary N) is 2. The van der Waals surface area contributed by atoms with Gasteiger partial charge in [0.1, 0.15) is 5.84 Å². The van der Waals surface area contributed by atoms with E-state index in [4.69, 9.17) is 22.3 Å². The van der Waals surface area contributed by atoms with Crippen molar-refractivity contribution in [3.05, 3.63) is 71.3 Å². The molecular formula is C32H43N7O3S. The van der Waals surface area contributed by atoms with Gasteiger partial charge in [-0.25, -0.2) is 4.99 Å². The molecule has 11 heteroatoms. The molecule has 0 spiro atoms. The van der Waals surface area contributed by atoms with E-state index in [1.54, 1.807) is 0 Å². The molecule has 0 aromatic heterocycles. The van der Waals surface area contributed by atoms with Gasteiger partial charge in [0.05, 0.1) is 24.3 Å². The summed E-state index contributed by atoms with van der Waals surface area (Å²) in [5.41, 5.74) is 14.7. The van der Waals surface area contributed by atoms with Gasteiger partial charge in [-0.05, 0) is 67.0 Å². The van der Waals surface area contributed by atoms with Crippen molar-refractivity contribution in [1.82, 2.24) is 5.32 Å². The molecule has 0 aliphatic carbocycles. The van der Waals surface area contributed by atoms with Crippen LogP contribution in [0.4, 0.5) is 0 Å². The van der Waals surface area contributed by atoms with Crippen LogP contribution >= 0.6 is 11.8 Å². The molecule has 43 heavy (non-hydrogen) atoms. The molecule has 3 amide bonds. The zero-order valence-corrected chi connectivity index (χ0v) is 25.7. The molecule has 0 saturated carbocycles. The second-order valence-electron chi connectivity index (χ2n) is 10.2. The third kappa shape index (κ3) is 16.2. The summed E-state index contributed by atoms with van der Waals surface area (Å²) in [5.74, 6) is -0.568. The fourth-order valence-electron chi connectivity index (χ4n) is 4.09. The first kappa shape index (κ1) is 35.1. The number of amidine groups is 2. The number of carbonyl (C=O) groups excluding carboxylic acids is 3. The van der Waals surface area contributed by atoms with E-state index in [1.807, 2.05) is 54.6 Å². The van der Waals surface area contributed by atoms with E-state index in [-0.39, 0.29) is 48.0 Å². The normalized spacial score (nSPS) is 11.7. The van der Waals surface area contributed by atoms with Gasteiger partial charge in [-0.3, -0.25) is 19.8 Å². The molecule has 0 radical (unpaired) electrons. The molecule has 2 aromatic rings. The van der Waals surface area contributed by atoms with Gasteiger partial charge in [-0.1, -0.05) is 67.9 Å². The SMILES string of the molecule is CCCCNC(=O)Cc1cccc(CC(=O)N=C(N)CCC(=N)CCCCC(=N)SC(N)=NC(=O)Cc2ccccc2)c1. The van der Waals surface area contributed by atoms with Gasteiger partial charge < -0.3 is 22.2 Å². The lowest BCUT2D eigenvalue weighted by Crippen LogP contribution is -2.26. The van der Waals surface area contributed by atoms with E-state index in [9.17, 15) is 14.4 Å². The van der Waals surface area contributed by atoms with Crippen molar-refractivity contribution in [2.75, 3.05) is 6.54 Å². The van der Waals surface area contributed by atoms with E-state index in [0.29, 0.717) is 55.8 Å². The Hall–Kier alpha value is -4.12. The number of hydrogen-bond acceptors (Lipinski definition) is 6. The Balaban J connectivity index is 1.64. The highest BCUT2D eigenvalue weighted by Gasteiger charge is 2.09. The van der Waals surface area contributed by atoms with E-state index in [0.717, 1.165) is 41.3 Å². The average Bonchev–Trinajstić information content (AvgIpc) is 2.95. The maximum Gasteiger partial charge on any atom is 0.252 e. The second-order valence-corrected chi connectivity index (χ2v) is 11.3. The van der Waals surface area contributed by atoms with Crippen LogP contribution in [0.2, 0.25) is 0 Å². The number of hydrogen-bond donors (Lipinski definition) is 5. The third-order valence-electron chi connectivity index (χ3n) is 6.31. The lowest BCUT2D eigenvalue weighted by molar-refractivity contribution is -0.120. The fraction of sp³-hybridized carbons (Fsp3) is 0.406. The van der Waals surface area contributed by atoms with Crippen LogP contribution in [0.25, 0.3) is 0 Å². The first-order valence-corrected chi connectivity index (χ1v) is 15.4. The molecule has 2 aromatic carbocycles. The number of benzene rings is 2. The predicted octanol–water partition coefficient (Wildman–Crippen LogP) is 4.73. The van der Waals surface area contributed by atoms with Crippen LogP contribution in [0.3, 0.4) is 0 Å². The molecule has 0 aliphatic rings. The molecule has 230 valence electrons. The quantitative estimate of drug-likeness (QED) is 0.0985.